The summed E-state index contributed by atoms with van der Waals surface area (Å²) in [5.41, 5.74) is 3.59. The molecule has 1 amide bonds. The topological polar surface area (TPSA) is 106 Å². The Morgan fingerprint density at radius 3 is 2.76 bits per heavy atom. The monoisotopic (exact) mass is 396 g/mol. The number of rotatable bonds is 8. The van der Waals surface area contributed by atoms with Crippen LogP contribution >= 0.6 is 0 Å². The molecule has 1 aromatic carbocycles. The third kappa shape index (κ3) is 5.77. The maximum absolute atomic E-state index is 12.5. The van der Waals surface area contributed by atoms with Crippen LogP contribution in [0.25, 0.3) is 0 Å². The first-order chi connectivity index (χ1) is 13.9. The van der Waals surface area contributed by atoms with E-state index in [0.717, 1.165) is 0 Å². The zero-order valence-corrected chi connectivity index (χ0v) is 16.9. The lowest BCUT2D eigenvalue weighted by atomic mass is 10.1. The second kappa shape index (κ2) is 10.2. The zero-order valence-electron chi connectivity index (χ0n) is 16.9. The van der Waals surface area contributed by atoms with E-state index < -0.39 is 11.5 Å². The fourth-order valence-corrected chi connectivity index (χ4v) is 2.72. The third-order valence-electron chi connectivity index (χ3n) is 3.98. The molecule has 2 rings (SSSR count). The molecule has 1 heterocycles. The summed E-state index contributed by atoms with van der Waals surface area (Å²) >= 11 is 0. The number of hydrazone groups is 1. The van der Waals surface area contributed by atoms with E-state index in [1.54, 1.807) is 13.0 Å². The molecule has 152 valence electrons. The number of hydrogen-bond donors (Lipinski definition) is 1. The number of aryl methyl sites for hydroxylation is 1. The summed E-state index contributed by atoms with van der Waals surface area (Å²) in [5.74, 6) is 0.164. The number of carbonyl (C=O) groups is 1. The molecule has 0 bridgehead atoms. The lowest BCUT2D eigenvalue weighted by molar-refractivity contribution is -0.121. The maximum atomic E-state index is 12.5. The van der Waals surface area contributed by atoms with Gasteiger partial charge in [-0.25, -0.2) is 5.43 Å². The standard InChI is InChI=1S/C21H24N4O4/c1-14(2)29-19-8-6-5-7-16(19)11-23-24-20(26)12-25-15(3)9-17(13-28-4)18(10-22)21(25)27/h5-9,11,14H,12-13H2,1-4H3,(H,24,26)/b23-11-. The van der Waals surface area contributed by atoms with Crippen LogP contribution in [-0.4, -0.2) is 29.9 Å². The molecule has 0 atom stereocenters. The molecule has 0 spiro atoms. The number of para-hydroxylation sites is 1. The molecule has 0 aliphatic rings. The highest BCUT2D eigenvalue weighted by atomic mass is 16.5. The van der Waals surface area contributed by atoms with Crippen LogP contribution in [0.1, 0.15) is 36.2 Å². The summed E-state index contributed by atoms with van der Waals surface area (Å²) in [4.78, 5) is 24.8. The number of carbonyl (C=O) groups excluding carboxylic acids is 1. The van der Waals surface area contributed by atoms with Gasteiger partial charge in [0, 0.05) is 23.9 Å². The Hall–Kier alpha value is -3.44. The summed E-state index contributed by atoms with van der Waals surface area (Å²) in [6.07, 6.45) is 1.48. The van der Waals surface area contributed by atoms with E-state index in [4.69, 9.17) is 9.47 Å². The average molecular weight is 396 g/mol. The van der Waals surface area contributed by atoms with Crippen LogP contribution in [-0.2, 0) is 22.7 Å². The SMILES string of the molecule is COCc1cc(C)n(CC(=O)N/N=C\c2ccccc2OC(C)C)c(=O)c1C#N. The highest BCUT2D eigenvalue weighted by Crippen LogP contribution is 2.17. The van der Waals surface area contributed by atoms with E-state index in [-0.39, 0.29) is 24.8 Å². The predicted molar refractivity (Wildman–Crippen MR) is 109 cm³/mol. The molecular weight excluding hydrogens is 372 g/mol. The minimum absolute atomic E-state index is 0.00408. The van der Waals surface area contributed by atoms with Crippen LogP contribution in [0.4, 0.5) is 0 Å². The lowest BCUT2D eigenvalue weighted by Crippen LogP contribution is -2.33. The number of nitrogens with one attached hydrogen (secondary N) is 1. The van der Waals surface area contributed by atoms with Gasteiger partial charge in [0.2, 0.25) is 0 Å². The van der Waals surface area contributed by atoms with Crippen molar-refractivity contribution in [1.29, 1.82) is 5.26 Å². The number of nitriles is 1. The highest BCUT2D eigenvalue weighted by molar-refractivity contribution is 5.85. The van der Waals surface area contributed by atoms with Crippen molar-refractivity contribution < 1.29 is 14.3 Å². The van der Waals surface area contributed by atoms with Gasteiger partial charge in [-0.3, -0.25) is 9.59 Å². The predicted octanol–water partition coefficient (Wildman–Crippen LogP) is 2.11. The van der Waals surface area contributed by atoms with Crippen molar-refractivity contribution in [2.75, 3.05) is 7.11 Å². The maximum Gasteiger partial charge on any atom is 0.269 e. The average Bonchev–Trinajstić information content (AvgIpc) is 2.66. The Balaban J connectivity index is 2.14. The van der Waals surface area contributed by atoms with E-state index in [1.807, 2.05) is 44.2 Å². The largest absolute Gasteiger partial charge is 0.490 e. The molecule has 8 heteroatoms. The molecule has 0 aliphatic heterocycles. The van der Waals surface area contributed by atoms with Gasteiger partial charge >= 0.3 is 0 Å². The number of ether oxygens (including phenoxy) is 2. The number of amides is 1. The van der Waals surface area contributed by atoms with Crippen molar-refractivity contribution in [3.8, 4) is 11.8 Å². The quantitative estimate of drug-likeness (QED) is 0.543. The number of aromatic nitrogens is 1. The van der Waals surface area contributed by atoms with Gasteiger partial charge in [0.25, 0.3) is 11.5 Å². The Labute approximate surface area is 169 Å². The lowest BCUT2D eigenvalue weighted by Gasteiger charge is -2.12. The van der Waals surface area contributed by atoms with Crippen LogP contribution < -0.4 is 15.7 Å². The van der Waals surface area contributed by atoms with Crippen molar-refractivity contribution in [2.45, 2.75) is 40.0 Å². The number of nitrogens with zero attached hydrogens (tertiary/aromatic N) is 3. The first-order valence-electron chi connectivity index (χ1n) is 9.07. The summed E-state index contributed by atoms with van der Waals surface area (Å²) in [7, 11) is 1.48. The third-order valence-corrected chi connectivity index (χ3v) is 3.98. The van der Waals surface area contributed by atoms with Gasteiger partial charge in [-0.2, -0.15) is 10.4 Å². The van der Waals surface area contributed by atoms with Gasteiger partial charge < -0.3 is 14.0 Å². The molecule has 29 heavy (non-hydrogen) atoms. The molecule has 0 saturated carbocycles. The highest BCUT2D eigenvalue weighted by Gasteiger charge is 2.14. The fraction of sp³-hybridized carbons (Fsp3) is 0.333. The Bertz CT molecular complexity index is 1000. The second-order valence-corrected chi connectivity index (χ2v) is 6.62. The van der Waals surface area contributed by atoms with Crippen LogP contribution in [0.15, 0.2) is 40.2 Å². The molecule has 1 N–H and O–H groups in total. The Morgan fingerprint density at radius 1 is 1.38 bits per heavy atom. The van der Waals surface area contributed by atoms with E-state index in [9.17, 15) is 14.9 Å². The molecule has 0 fully saturated rings. The molecule has 8 nitrogen and oxygen atoms in total. The van der Waals surface area contributed by atoms with Gasteiger partial charge in [-0.1, -0.05) is 12.1 Å². The van der Waals surface area contributed by atoms with Gasteiger partial charge in [-0.05, 0) is 39.0 Å². The molecule has 0 radical (unpaired) electrons. The first kappa shape index (κ1) is 21.9. The molecule has 0 saturated heterocycles. The van der Waals surface area contributed by atoms with E-state index >= 15 is 0 Å². The van der Waals surface area contributed by atoms with Crippen LogP contribution in [0.5, 0.6) is 5.75 Å². The summed E-state index contributed by atoms with van der Waals surface area (Å²) in [5, 5.41) is 13.2. The Kier molecular flexibility index (Phi) is 7.69. The molecule has 2 aromatic rings. The van der Waals surface area contributed by atoms with Gasteiger partial charge in [0.05, 0.1) is 18.9 Å². The Morgan fingerprint density at radius 2 is 2.10 bits per heavy atom. The first-order valence-corrected chi connectivity index (χ1v) is 9.07. The minimum Gasteiger partial charge on any atom is -0.490 e. The summed E-state index contributed by atoms with van der Waals surface area (Å²) < 4.78 is 12.0. The normalized spacial score (nSPS) is 10.9. The number of pyridine rings is 1. The van der Waals surface area contributed by atoms with E-state index in [1.165, 1.54) is 17.9 Å². The summed E-state index contributed by atoms with van der Waals surface area (Å²) in [6, 6.07) is 10.9. The van der Waals surface area contributed by atoms with Crippen molar-refractivity contribution in [3.05, 3.63) is 63.1 Å². The van der Waals surface area contributed by atoms with Crippen molar-refractivity contribution in [1.82, 2.24) is 9.99 Å². The smallest absolute Gasteiger partial charge is 0.269 e. The van der Waals surface area contributed by atoms with Gasteiger partial charge in [0.1, 0.15) is 23.9 Å². The van der Waals surface area contributed by atoms with Crippen molar-refractivity contribution >= 4 is 12.1 Å². The number of hydrogen-bond acceptors (Lipinski definition) is 6. The molecule has 0 unspecified atom stereocenters. The second-order valence-electron chi connectivity index (χ2n) is 6.62. The summed E-state index contributed by atoms with van der Waals surface area (Å²) in [6.45, 7) is 5.42. The van der Waals surface area contributed by atoms with Crippen LogP contribution in [0.2, 0.25) is 0 Å². The fourth-order valence-electron chi connectivity index (χ4n) is 2.72. The van der Waals surface area contributed by atoms with Crippen LogP contribution in [0, 0.1) is 18.3 Å². The molecular formula is C21H24N4O4. The van der Waals surface area contributed by atoms with E-state index in [0.29, 0.717) is 22.6 Å². The van der Waals surface area contributed by atoms with Gasteiger partial charge in [-0.15, -0.1) is 0 Å². The van der Waals surface area contributed by atoms with Crippen molar-refractivity contribution in [3.63, 3.8) is 0 Å². The minimum atomic E-state index is -0.533. The van der Waals surface area contributed by atoms with Crippen molar-refractivity contribution in [2.24, 2.45) is 5.10 Å². The molecule has 1 aromatic heterocycles. The van der Waals surface area contributed by atoms with Crippen LogP contribution in [0.3, 0.4) is 0 Å². The number of methoxy groups -OCH3 is 1. The van der Waals surface area contributed by atoms with E-state index in [2.05, 4.69) is 10.5 Å². The number of benzene rings is 1. The zero-order chi connectivity index (χ0) is 21.4. The molecule has 0 aliphatic carbocycles. The van der Waals surface area contributed by atoms with Gasteiger partial charge in [0.15, 0.2) is 0 Å².